The van der Waals surface area contributed by atoms with Gasteiger partial charge in [-0.2, -0.15) is 0 Å². The van der Waals surface area contributed by atoms with E-state index in [0.717, 1.165) is 45.1 Å². The van der Waals surface area contributed by atoms with Crippen LogP contribution in [0.5, 0.6) is 0 Å². The Balaban J connectivity index is 2.03. The molecule has 0 amide bonds. The maximum Gasteiger partial charge on any atom is 0.169 e. The van der Waals surface area contributed by atoms with Gasteiger partial charge in [0, 0.05) is 19.6 Å². The van der Waals surface area contributed by atoms with Gasteiger partial charge in [0.2, 0.25) is 0 Å². The molecule has 3 heteroatoms. The smallest absolute Gasteiger partial charge is 0.169 e. The SMILES string of the molecule is COC1(C(=O)C2CCCOC2)CCCC1. The largest absolute Gasteiger partial charge is 0.381 e. The molecule has 1 heterocycles. The molecule has 86 valence electrons. The molecule has 0 N–H and O–H groups in total. The fourth-order valence-corrected chi connectivity index (χ4v) is 2.82. The van der Waals surface area contributed by atoms with Crippen molar-refractivity contribution >= 4 is 5.78 Å². The molecule has 2 rings (SSSR count). The molecule has 2 fully saturated rings. The van der Waals surface area contributed by atoms with Crippen molar-refractivity contribution < 1.29 is 14.3 Å². The van der Waals surface area contributed by atoms with Crippen LogP contribution in [-0.4, -0.2) is 31.7 Å². The fourth-order valence-electron chi connectivity index (χ4n) is 2.82. The standard InChI is InChI=1S/C12H20O3/c1-14-12(6-2-3-7-12)11(13)10-5-4-8-15-9-10/h10H,2-9H2,1H3. The highest BCUT2D eigenvalue weighted by atomic mass is 16.5. The van der Waals surface area contributed by atoms with Crippen LogP contribution in [0, 0.1) is 5.92 Å². The van der Waals surface area contributed by atoms with E-state index < -0.39 is 5.60 Å². The monoisotopic (exact) mass is 212 g/mol. The molecule has 0 aromatic heterocycles. The van der Waals surface area contributed by atoms with E-state index in [1.54, 1.807) is 7.11 Å². The van der Waals surface area contributed by atoms with Gasteiger partial charge in [0.25, 0.3) is 0 Å². The second kappa shape index (κ2) is 4.62. The van der Waals surface area contributed by atoms with E-state index in [9.17, 15) is 4.79 Å². The Morgan fingerprint density at radius 3 is 2.60 bits per heavy atom. The van der Waals surface area contributed by atoms with Crippen LogP contribution in [0.2, 0.25) is 0 Å². The number of carbonyl (C=O) groups excluding carboxylic acids is 1. The number of Topliss-reactive ketones (excluding diaryl/α,β-unsaturated/α-hetero) is 1. The van der Waals surface area contributed by atoms with Crippen molar-refractivity contribution in [2.24, 2.45) is 5.92 Å². The van der Waals surface area contributed by atoms with E-state index >= 15 is 0 Å². The third-order valence-corrected chi connectivity index (χ3v) is 3.78. The minimum atomic E-state index is -0.467. The highest BCUT2D eigenvalue weighted by molar-refractivity contribution is 5.90. The Kier molecular flexibility index (Phi) is 3.42. The molecule has 1 aliphatic carbocycles. The van der Waals surface area contributed by atoms with Crippen LogP contribution in [0.3, 0.4) is 0 Å². The summed E-state index contributed by atoms with van der Waals surface area (Å²) in [6, 6.07) is 0. The zero-order chi connectivity index (χ0) is 10.7. The maximum atomic E-state index is 12.3. The van der Waals surface area contributed by atoms with Gasteiger partial charge in [0.05, 0.1) is 6.61 Å². The van der Waals surface area contributed by atoms with Crippen LogP contribution < -0.4 is 0 Å². The lowest BCUT2D eigenvalue weighted by molar-refractivity contribution is -0.148. The number of hydrogen-bond donors (Lipinski definition) is 0. The number of hydrogen-bond acceptors (Lipinski definition) is 3. The van der Waals surface area contributed by atoms with Crippen LogP contribution in [0.25, 0.3) is 0 Å². The van der Waals surface area contributed by atoms with Crippen LogP contribution in [-0.2, 0) is 14.3 Å². The van der Waals surface area contributed by atoms with Gasteiger partial charge in [-0.1, -0.05) is 0 Å². The van der Waals surface area contributed by atoms with Gasteiger partial charge in [-0.05, 0) is 38.5 Å². The topological polar surface area (TPSA) is 35.5 Å². The van der Waals surface area contributed by atoms with Gasteiger partial charge >= 0.3 is 0 Å². The van der Waals surface area contributed by atoms with E-state index in [0.29, 0.717) is 12.4 Å². The molecule has 1 saturated carbocycles. The van der Waals surface area contributed by atoms with Gasteiger partial charge < -0.3 is 9.47 Å². The number of ketones is 1. The summed E-state index contributed by atoms with van der Waals surface area (Å²) in [7, 11) is 1.67. The maximum absolute atomic E-state index is 12.3. The minimum absolute atomic E-state index is 0.0804. The van der Waals surface area contributed by atoms with Gasteiger partial charge in [0.1, 0.15) is 5.60 Å². The molecule has 0 bridgehead atoms. The molecule has 0 aromatic rings. The quantitative estimate of drug-likeness (QED) is 0.717. The van der Waals surface area contributed by atoms with E-state index in [-0.39, 0.29) is 5.92 Å². The number of rotatable bonds is 3. The number of methoxy groups -OCH3 is 1. The van der Waals surface area contributed by atoms with Crippen molar-refractivity contribution in [1.29, 1.82) is 0 Å². The molecule has 15 heavy (non-hydrogen) atoms. The molecular weight excluding hydrogens is 192 g/mol. The van der Waals surface area contributed by atoms with Crippen molar-refractivity contribution in [3.05, 3.63) is 0 Å². The lowest BCUT2D eigenvalue weighted by atomic mass is 9.84. The van der Waals surface area contributed by atoms with Crippen molar-refractivity contribution in [3.8, 4) is 0 Å². The molecule has 1 aliphatic heterocycles. The summed E-state index contributed by atoms with van der Waals surface area (Å²) in [6.45, 7) is 1.41. The van der Waals surface area contributed by atoms with Crippen LogP contribution in [0.4, 0.5) is 0 Å². The molecule has 2 aliphatic rings. The summed E-state index contributed by atoms with van der Waals surface area (Å²) in [4.78, 5) is 12.3. The van der Waals surface area contributed by atoms with Gasteiger partial charge in [-0.3, -0.25) is 4.79 Å². The second-order valence-electron chi connectivity index (χ2n) is 4.68. The molecule has 0 radical (unpaired) electrons. The molecular formula is C12H20O3. The van der Waals surface area contributed by atoms with E-state index in [1.807, 2.05) is 0 Å². The normalized spacial score (nSPS) is 30.3. The third kappa shape index (κ3) is 2.08. The second-order valence-corrected chi connectivity index (χ2v) is 4.68. The summed E-state index contributed by atoms with van der Waals surface area (Å²) < 4.78 is 10.9. The Labute approximate surface area is 91.1 Å². The lowest BCUT2D eigenvalue weighted by Crippen LogP contribution is -2.44. The van der Waals surface area contributed by atoms with Gasteiger partial charge in [0.15, 0.2) is 5.78 Å². The van der Waals surface area contributed by atoms with Gasteiger partial charge in [-0.25, -0.2) is 0 Å². The van der Waals surface area contributed by atoms with E-state index in [1.165, 1.54) is 0 Å². The number of carbonyl (C=O) groups is 1. The first-order valence-electron chi connectivity index (χ1n) is 5.96. The molecule has 1 unspecified atom stereocenters. The summed E-state index contributed by atoms with van der Waals surface area (Å²) in [6.07, 6.45) is 6.03. The third-order valence-electron chi connectivity index (χ3n) is 3.78. The fraction of sp³-hybridized carbons (Fsp3) is 0.917. The summed E-state index contributed by atoms with van der Waals surface area (Å²) in [5.41, 5.74) is -0.467. The first kappa shape index (κ1) is 11.1. The van der Waals surface area contributed by atoms with Gasteiger partial charge in [-0.15, -0.1) is 0 Å². The highest BCUT2D eigenvalue weighted by Gasteiger charge is 2.44. The Hall–Kier alpha value is -0.410. The average molecular weight is 212 g/mol. The predicted molar refractivity (Wildman–Crippen MR) is 56.8 cm³/mol. The lowest BCUT2D eigenvalue weighted by Gasteiger charge is -2.31. The molecule has 1 atom stereocenters. The first-order valence-corrected chi connectivity index (χ1v) is 5.96. The molecule has 3 nitrogen and oxygen atoms in total. The summed E-state index contributed by atoms with van der Waals surface area (Å²) in [5, 5.41) is 0. The molecule has 1 saturated heterocycles. The molecule has 0 spiro atoms. The van der Waals surface area contributed by atoms with Crippen LogP contribution in [0.1, 0.15) is 38.5 Å². The highest BCUT2D eigenvalue weighted by Crippen LogP contribution is 2.36. The van der Waals surface area contributed by atoms with Crippen molar-refractivity contribution in [1.82, 2.24) is 0 Å². The molecule has 0 aromatic carbocycles. The van der Waals surface area contributed by atoms with Crippen molar-refractivity contribution in [3.63, 3.8) is 0 Å². The zero-order valence-corrected chi connectivity index (χ0v) is 9.46. The minimum Gasteiger partial charge on any atom is -0.381 e. The van der Waals surface area contributed by atoms with Crippen molar-refractivity contribution in [2.75, 3.05) is 20.3 Å². The number of ether oxygens (including phenoxy) is 2. The summed E-state index contributed by atoms with van der Waals surface area (Å²) >= 11 is 0. The van der Waals surface area contributed by atoms with E-state index in [4.69, 9.17) is 9.47 Å². The first-order chi connectivity index (χ1) is 7.28. The van der Waals surface area contributed by atoms with Crippen molar-refractivity contribution in [2.45, 2.75) is 44.1 Å². The van der Waals surface area contributed by atoms with Crippen LogP contribution in [0.15, 0.2) is 0 Å². The van der Waals surface area contributed by atoms with E-state index in [2.05, 4.69) is 0 Å². The predicted octanol–water partition coefficient (Wildman–Crippen LogP) is 1.94. The average Bonchev–Trinajstić information content (AvgIpc) is 2.79. The Bertz CT molecular complexity index is 225. The zero-order valence-electron chi connectivity index (χ0n) is 9.46. The Morgan fingerprint density at radius 2 is 2.07 bits per heavy atom. The summed E-state index contributed by atoms with van der Waals surface area (Å²) in [5.74, 6) is 0.374. The Morgan fingerprint density at radius 1 is 1.33 bits per heavy atom. The van der Waals surface area contributed by atoms with Crippen LogP contribution >= 0.6 is 0 Å².